The molecule has 0 aliphatic heterocycles. The smallest absolute Gasteiger partial charge is 0.326 e. The van der Waals surface area contributed by atoms with Crippen LogP contribution in [-0.4, -0.2) is 38.0 Å². The molecule has 1 aromatic heterocycles. The molecule has 0 bridgehead atoms. The number of nitrogens with one attached hydrogen (secondary N) is 1. The molecule has 17 heavy (non-hydrogen) atoms. The van der Waals surface area contributed by atoms with Crippen LogP contribution in [0.1, 0.15) is 19.0 Å². The number of carbonyl (C=O) groups excluding carboxylic acids is 1. The highest BCUT2D eigenvalue weighted by Crippen LogP contribution is 1.94. The van der Waals surface area contributed by atoms with Crippen LogP contribution in [0.5, 0.6) is 0 Å². The van der Waals surface area contributed by atoms with E-state index >= 15 is 0 Å². The van der Waals surface area contributed by atoms with Gasteiger partial charge in [0.15, 0.2) is 0 Å². The van der Waals surface area contributed by atoms with Crippen molar-refractivity contribution < 1.29 is 14.7 Å². The van der Waals surface area contributed by atoms with E-state index in [9.17, 15) is 9.59 Å². The number of nitrogens with zero attached hydrogens (tertiary/aromatic N) is 3. The largest absolute Gasteiger partial charge is 0.480 e. The second kappa shape index (κ2) is 5.94. The molecule has 0 saturated carbocycles. The molecular formula is C9H15N5O3. The highest BCUT2D eigenvalue weighted by atomic mass is 16.4. The average Bonchev–Trinajstić information content (AvgIpc) is 2.73. The molecule has 0 fully saturated rings. The van der Waals surface area contributed by atoms with Gasteiger partial charge in [0.25, 0.3) is 0 Å². The third-order valence-corrected chi connectivity index (χ3v) is 2.14. The fourth-order valence-corrected chi connectivity index (χ4v) is 1.23. The molecule has 8 nitrogen and oxygen atoms in total. The van der Waals surface area contributed by atoms with Crippen molar-refractivity contribution in [3.63, 3.8) is 0 Å². The van der Waals surface area contributed by atoms with E-state index in [-0.39, 0.29) is 13.1 Å². The molecule has 1 amide bonds. The van der Waals surface area contributed by atoms with E-state index in [2.05, 4.69) is 15.6 Å². The maximum atomic E-state index is 11.5. The van der Waals surface area contributed by atoms with Gasteiger partial charge in [0.1, 0.15) is 12.6 Å². The van der Waals surface area contributed by atoms with E-state index in [1.54, 1.807) is 13.1 Å². The fourth-order valence-electron chi connectivity index (χ4n) is 1.23. The lowest BCUT2D eigenvalue weighted by Crippen LogP contribution is -2.41. The first-order chi connectivity index (χ1) is 8.06. The van der Waals surface area contributed by atoms with Gasteiger partial charge in [0, 0.05) is 6.54 Å². The van der Waals surface area contributed by atoms with Crippen molar-refractivity contribution in [3.8, 4) is 0 Å². The minimum absolute atomic E-state index is 0.0726. The van der Waals surface area contributed by atoms with Crippen LogP contribution in [0, 0.1) is 0 Å². The lowest BCUT2D eigenvalue weighted by molar-refractivity contribution is -0.142. The van der Waals surface area contributed by atoms with E-state index in [1.807, 2.05) is 0 Å². The number of carboxylic acids is 1. The normalized spacial score (nSPS) is 12.1. The van der Waals surface area contributed by atoms with Crippen molar-refractivity contribution in [1.82, 2.24) is 20.3 Å². The summed E-state index contributed by atoms with van der Waals surface area (Å²) in [6.07, 6.45) is 1.87. The third kappa shape index (κ3) is 3.83. The summed E-state index contributed by atoms with van der Waals surface area (Å²) in [6.45, 7) is 1.85. The van der Waals surface area contributed by atoms with Gasteiger partial charge in [-0.1, -0.05) is 12.1 Å². The molecule has 0 aliphatic carbocycles. The van der Waals surface area contributed by atoms with E-state index < -0.39 is 17.9 Å². The van der Waals surface area contributed by atoms with E-state index in [0.717, 1.165) is 0 Å². The highest BCUT2D eigenvalue weighted by Gasteiger charge is 2.17. The van der Waals surface area contributed by atoms with Crippen LogP contribution in [0.2, 0.25) is 0 Å². The van der Waals surface area contributed by atoms with Crippen LogP contribution in [0.4, 0.5) is 0 Å². The molecule has 0 aromatic carbocycles. The lowest BCUT2D eigenvalue weighted by atomic mass is 10.2. The van der Waals surface area contributed by atoms with Gasteiger partial charge in [-0.15, -0.1) is 5.10 Å². The number of nitrogens with two attached hydrogens (primary N) is 1. The molecule has 0 saturated heterocycles. The Kier molecular flexibility index (Phi) is 4.58. The van der Waals surface area contributed by atoms with Crippen molar-refractivity contribution in [2.45, 2.75) is 32.5 Å². The maximum absolute atomic E-state index is 11.5. The van der Waals surface area contributed by atoms with Crippen molar-refractivity contribution in [3.05, 3.63) is 11.9 Å². The van der Waals surface area contributed by atoms with Crippen molar-refractivity contribution in [2.75, 3.05) is 0 Å². The predicted molar refractivity (Wildman–Crippen MR) is 57.8 cm³/mol. The number of hydrogen-bond acceptors (Lipinski definition) is 5. The number of rotatable bonds is 6. The Morgan fingerprint density at radius 3 is 2.82 bits per heavy atom. The Morgan fingerprint density at radius 1 is 1.65 bits per heavy atom. The maximum Gasteiger partial charge on any atom is 0.326 e. The van der Waals surface area contributed by atoms with Crippen LogP contribution >= 0.6 is 0 Å². The summed E-state index contributed by atoms with van der Waals surface area (Å²) < 4.78 is 1.31. The van der Waals surface area contributed by atoms with Crippen LogP contribution in [0.3, 0.4) is 0 Å². The minimum Gasteiger partial charge on any atom is -0.480 e. The lowest BCUT2D eigenvalue weighted by Gasteiger charge is -2.11. The molecule has 1 aromatic rings. The van der Waals surface area contributed by atoms with Gasteiger partial charge < -0.3 is 16.2 Å². The summed E-state index contributed by atoms with van der Waals surface area (Å²) in [7, 11) is 0. The van der Waals surface area contributed by atoms with E-state index in [1.165, 1.54) is 4.68 Å². The molecule has 1 unspecified atom stereocenters. The Bertz CT molecular complexity index is 403. The number of hydrogen-bond donors (Lipinski definition) is 3. The first-order valence-corrected chi connectivity index (χ1v) is 5.18. The zero-order valence-electron chi connectivity index (χ0n) is 9.46. The predicted octanol–water partition coefficient (Wildman–Crippen LogP) is -1.28. The fraction of sp³-hybridized carbons (Fsp3) is 0.556. The van der Waals surface area contributed by atoms with Crippen molar-refractivity contribution in [1.29, 1.82) is 0 Å². The van der Waals surface area contributed by atoms with Gasteiger partial charge >= 0.3 is 5.97 Å². The average molecular weight is 241 g/mol. The molecular weight excluding hydrogens is 226 g/mol. The van der Waals surface area contributed by atoms with Crippen molar-refractivity contribution >= 4 is 11.9 Å². The molecule has 94 valence electrons. The molecule has 0 radical (unpaired) electrons. The summed E-state index contributed by atoms with van der Waals surface area (Å²) in [5.74, 6) is -1.48. The van der Waals surface area contributed by atoms with Gasteiger partial charge in [-0.3, -0.25) is 4.79 Å². The Labute approximate surface area is 97.8 Å². The quantitative estimate of drug-likeness (QED) is 0.569. The summed E-state index contributed by atoms with van der Waals surface area (Å²) >= 11 is 0. The van der Waals surface area contributed by atoms with Gasteiger partial charge in [0.2, 0.25) is 5.91 Å². The van der Waals surface area contributed by atoms with Crippen molar-refractivity contribution in [2.24, 2.45) is 5.73 Å². The van der Waals surface area contributed by atoms with Crippen LogP contribution < -0.4 is 11.1 Å². The summed E-state index contributed by atoms with van der Waals surface area (Å²) in [5.41, 5.74) is 5.91. The van der Waals surface area contributed by atoms with Crippen LogP contribution in [0.25, 0.3) is 0 Å². The number of carboxylic acid groups (broad SMARTS) is 1. The molecule has 1 rings (SSSR count). The summed E-state index contributed by atoms with van der Waals surface area (Å²) in [5, 5.41) is 18.5. The second-order valence-electron chi connectivity index (χ2n) is 3.48. The van der Waals surface area contributed by atoms with Gasteiger partial charge in [0.05, 0.1) is 11.9 Å². The minimum atomic E-state index is -1.05. The number of aromatic nitrogens is 3. The first kappa shape index (κ1) is 13.1. The summed E-state index contributed by atoms with van der Waals surface area (Å²) in [4.78, 5) is 22.2. The van der Waals surface area contributed by atoms with Crippen LogP contribution in [0.15, 0.2) is 6.20 Å². The zero-order valence-corrected chi connectivity index (χ0v) is 9.46. The van der Waals surface area contributed by atoms with Gasteiger partial charge in [-0.05, 0) is 6.42 Å². The first-order valence-electron chi connectivity index (χ1n) is 5.18. The highest BCUT2D eigenvalue weighted by molar-refractivity contribution is 5.83. The van der Waals surface area contributed by atoms with Gasteiger partial charge in [-0.2, -0.15) is 0 Å². The molecule has 8 heteroatoms. The number of aliphatic carboxylic acids is 1. The third-order valence-electron chi connectivity index (χ3n) is 2.14. The molecule has 4 N–H and O–H groups in total. The number of amides is 1. The van der Waals surface area contributed by atoms with Gasteiger partial charge in [-0.25, -0.2) is 9.48 Å². The zero-order chi connectivity index (χ0) is 12.8. The summed E-state index contributed by atoms with van der Waals surface area (Å²) in [6, 6.07) is -0.875. The topological polar surface area (TPSA) is 123 Å². The Morgan fingerprint density at radius 2 is 2.35 bits per heavy atom. The number of carbonyl (C=O) groups is 2. The van der Waals surface area contributed by atoms with E-state index in [0.29, 0.717) is 12.1 Å². The SMILES string of the molecule is CCC(NC(=O)Cn1cc(CN)nn1)C(=O)O. The second-order valence-corrected chi connectivity index (χ2v) is 3.48. The standard InChI is InChI=1S/C9H15N5O3/c1-2-7(9(16)17)11-8(15)5-14-4-6(3-10)12-13-14/h4,7H,2-3,5,10H2,1H3,(H,11,15)(H,16,17). The monoisotopic (exact) mass is 241 g/mol. The Balaban J connectivity index is 2.51. The van der Waals surface area contributed by atoms with E-state index in [4.69, 9.17) is 10.8 Å². The molecule has 0 aliphatic rings. The molecule has 1 heterocycles. The molecule has 0 spiro atoms. The Hall–Kier alpha value is -1.96. The van der Waals surface area contributed by atoms with Crippen LogP contribution in [-0.2, 0) is 22.7 Å². The molecule has 1 atom stereocenters.